The van der Waals surface area contributed by atoms with Crippen LogP contribution in [0.1, 0.15) is 63.0 Å². The summed E-state index contributed by atoms with van der Waals surface area (Å²) in [5, 5.41) is 1.49. The van der Waals surface area contributed by atoms with Crippen molar-refractivity contribution >= 4 is 35.3 Å². The zero-order valence-corrected chi connectivity index (χ0v) is 24.7. The van der Waals surface area contributed by atoms with Gasteiger partial charge in [0.25, 0.3) is 0 Å². The van der Waals surface area contributed by atoms with Crippen LogP contribution in [0.5, 0.6) is 0 Å². The van der Waals surface area contributed by atoms with Crippen LogP contribution < -0.4 is 5.32 Å². The van der Waals surface area contributed by atoms with Crippen molar-refractivity contribution in [3.63, 3.8) is 0 Å². The van der Waals surface area contributed by atoms with Gasteiger partial charge in [0.15, 0.2) is 0 Å². The smallest absolute Gasteiger partial charge is 0.322 e. The summed E-state index contributed by atoms with van der Waals surface area (Å²) >= 11 is 1.16. The maximum Gasteiger partial charge on any atom is 0.322 e. The average molecular weight is 585 g/mol. The normalized spacial score (nSPS) is 22.0. The lowest BCUT2D eigenvalue weighted by Crippen LogP contribution is -2.50. The van der Waals surface area contributed by atoms with Crippen LogP contribution in [-0.4, -0.2) is 70.0 Å². The lowest BCUT2D eigenvalue weighted by Gasteiger charge is -2.38. The molecule has 41 heavy (non-hydrogen) atoms. The van der Waals surface area contributed by atoms with Crippen LogP contribution in [0.15, 0.2) is 42.5 Å². The van der Waals surface area contributed by atoms with E-state index in [1.54, 1.807) is 4.90 Å². The third kappa shape index (κ3) is 6.52. The van der Waals surface area contributed by atoms with E-state index in [1.807, 2.05) is 29.2 Å². The summed E-state index contributed by atoms with van der Waals surface area (Å²) in [5.74, 6) is -1.78. The number of urea groups is 1. The summed E-state index contributed by atoms with van der Waals surface area (Å²) in [6, 6.07) is 11.4. The molecule has 0 radical (unpaired) electrons. The maximum absolute atomic E-state index is 14.8. The van der Waals surface area contributed by atoms with Gasteiger partial charge in [0.1, 0.15) is 17.0 Å². The van der Waals surface area contributed by atoms with Gasteiger partial charge in [-0.2, -0.15) is 0 Å². The highest BCUT2D eigenvalue weighted by Crippen LogP contribution is 2.46. The Morgan fingerprint density at radius 3 is 2.37 bits per heavy atom. The first-order chi connectivity index (χ1) is 19.5. The van der Waals surface area contributed by atoms with Crippen molar-refractivity contribution in [1.82, 2.24) is 14.7 Å². The lowest BCUT2D eigenvalue weighted by atomic mass is 9.92. The fourth-order valence-electron chi connectivity index (χ4n) is 5.83. The van der Waals surface area contributed by atoms with E-state index in [-0.39, 0.29) is 41.3 Å². The lowest BCUT2D eigenvalue weighted by molar-refractivity contribution is -0.137. The number of fused-ring (bicyclic) bond motifs is 1. The molecule has 220 valence electrons. The van der Waals surface area contributed by atoms with E-state index in [0.717, 1.165) is 29.4 Å². The molecule has 0 aromatic heterocycles. The van der Waals surface area contributed by atoms with Crippen LogP contribution in [0, 0.1) is 17.0 Å². The predicted molar refractivity (Wildman–Crippen MR) is 156 cm³/mol. The van der Waals surface area contributed by atoms with Gasteiger partial charge in [0.2, 0.25) is 11.8 Å². The van der Waals surface area contributed by atoms with Gasteiger partial charge in [0.05, 0.1) is 10.8 Å². The molecule has 2 atom stereocenters. The van der Waals surface area contributed by atoms with Gasteiger partial charge in [-0.1, -0.05) is 45.0 Å². The zero-order chi connectivity index (χ0) is 29.3. The number of benzene rings is 2. The van der Waals surface area contributed by atoms with E-state index in [0.29, 0.717) is 45.4 Å². The van der Waals surface area contributed by atoms with E-state index in [9.17, 15) is 23.2 Å². The fraction of sp³-hybridized carbons (Fsp3) is 0.516. The molecule has 1 N–H and O–H groups in total. The Morgan fingerprint density at radius 1 is 1.00 bits per heavy atom. The molecular weight excluding hydrogens is 546 g/mol. The highest BCUT2D eigenvalue weighted by molar-refractivity contribution is 8.01. The van der Waals surface area contributed by atoms with Crippen molar-refractivity contribution in [3.8, 4) is 0 Å². The van der Waals surface area contributed by atoms with Crippen molar-refractivity contribution in [1.29, 1.82) is 0 Å². The first-order valence-electron chi connectivity index (χ1n) is 14.3. The molecule has 0 aliphatic carbocycles. The highest BCUT2D eigenvalue weighted by atomic mass is 32.2. The minimum Gasteiger partial charge on any atom is -0.342 e. The second kappa shape index (κ2) is 12.0. The number of carbonyl (C=O) groups excluding carboxylic acids is 3. The van der Waals surface area contributed by atoms with Crippen LogP contribution in [0.4, 0.5) is 19.3 Å². The van der Waals surface area contributed by atoms with Gasteiger partial charge in [0, 0.05) is 44.3 Å². The topological polar surface area (TPSA) is 73.0 Å². The molecule has 2 unspecified atom stereocenters. The molecule has 3 heterocycles. The van der Waals surface area contributed by atoms with Crippen LogP contribution in [0.25, 0.3) is 0 Å². The largest absolute Gasteiger partial charge is 0.342 e. The van der Waals surface area contributed by atoms with Crippen LogP contribution in [-0.2, 0) is 16.0 Å². The number of thioether (sulfide) groups is 1. The van der Waals surface area contributed by atoms with Gasteiger partial charge in [-0.3, -0.25) is 9.59 Å². The van der Waals surface area contributed by atoms with Crippen LogP contribution >= 0.6 is 11.8 Å². The highest BCUT2D eigenvalue weighted by Gasteiger charge is 2.44. The van der Waals surface area contributed by atoms with Gasteiger partial charge < -0.3 is 20.0 Å². The molecule has 2 aromatic rings. The molecule has 7 nitrogen and oxygen atoms in total. The molecule has 4 amide bonds. The number of piperidine rings is 1. The number of likely N-dealkylation sites (tertiary alicyclic amines) is 1. The van der Waals surface area contributed by atoms with E-state index < -0.39 is 22.3 Å². The Bertz CT molecular complexity index is 1290. The number of para-hydroxylation sites is 1. The molecule has 0 saturated carbocycles. The number of nitrogens with one attached hydrogen (secondary N) is 1. The van der Waals surface area contributed by atoms with E-state index in [1.165, 1.54) is 23.1 Å². The molecule has 10 heteroatoms. The minimum absolute atomic E-state index is 0.0216. The van der Waals surface area contributed by atoms with Gasteiger partial charge in [-0.25, -0.2) is 13.6 Å². The summed E-state index contributed by atoms with van der Waals surface area (Å²) in [6.07, 6.45) is 2.72. The number of rotatable bonds is 6. The van der Waals surface area contributed by atoms with E-state index in [2.05, 4.69) is 26.1 Å². The second-order valence-electron chi connectivity index (χ2n) is 12.3. The monoisotopic (exact) mass is 584 g/mol. The minimum atomic E-state index is -0.819. The number of amides is 4. The molecule has 3 aliphatic heterocycles. The van der Waals surface area contributed by atoms with Crippen molar-refractivity contribution in [3.05, 3.63) is 65.2 Å². The van der Waals surface area contributed by atoms with E-state index in [4.69, 9.17) is 0 Å². The van der Waals surface area contributed by atoms with E-state index >= 15 is 0 Å². The molecule has 2 aromatic carbocycles. The van der Waals surface area contributed by atoms with Gasteiger partial charge in [-0.15, -0.1) is 11.8 Å². The van der Waals surface area contributed by atoms with Crippen molar-refractivity contribution in [2.24, 2.45) is 5.41 Å². The van der Waals surface area contributed by atoms with Crippen molar-refractivity contribution < 1.29 is 23.2 Å². The molecule has 2 fully saturated rings. The first kappa shape index (κ1) is 29.4. The number of hydrogen-bond donors (Lipinski definition) is 1. The second-order valence-corrected chi connectivity index (χ2v) is 13.6. The predicted octanol–water partition coefficient (Wildman–Crippen LogP) is 5.81. The summed E-state index contributed by atoms with van der Waals surface area (Å²) in [6.45, 7) is 8.11. The number of nitrogens with zero attached hydrogens (tertiary/aromatic N) is 3. The SMILES string of the molecule is CC(C)(C)CCN1C(=O)C(CC(=O)N2CCC(N3CCc4ccccc4NC3=O)CC2)SC1c1c(F)cccc1F. The quantitative estimate of drug-likeness (QED) is 0.465. The molecule has 0 bridgehead atoms. The molecule has 5 rings (SSSR count). The molecule has 2 saturated heterocycles. The number of carbonyl (C=O) groups is 3. The van der Waals surface area contributed by atoms with Gasteiger partial charge in [-0.05, 0) is 54.9 Å². The third-order valence-corrected chi connectivity index (χ3v) is 9.69. The summed E-state index contributed by atoms with van der Waals surface area (Å²) in [5.41, 5.74) is 1.75. The fourth-order valence-corrected chi connectivity index (χ4v) is 7.35. The maximum atomic E-state index is 14.8. The van der Waals surface area contributed by atoms with Gasteiger partial charge >= 0.3 is 6.03 Å². The van der Waals surface area contributed by atoms with Crippen LogP contribution in [0.3, 0.4) is 0 Å². The molecular formula is C31H38F2N4O3S. The Morgan fingerprint density at radius 2 is 1.68 bits per heavy atom. The summed E-state index contributed by atoms with van der Waals surface area (Å²) in [7, 11) is 0. The Hall–Kier alpha value is -3.14. The number of anilines is 1. The number of halogens is 2. The Labute approximate surface area is 244 Å². The Kier molecular flexibility index (Phi) is 8.59. The number of hydrogen-bond acceptors (Lipinski definition) is 4. The summed E-state index contributed by atoms with van der Waals surface area (Å²) < 4.78 is 29.6. The summed E-state index contributed by atoms with van der Waals surface area (Å²) in [4.78, 5) is 45.0. The van der Waals surface area contributed by atoms with Crippen LogP contribution in [0.2, 0.25) is 0 Å². The average Bonchev–Trinajstić information content (AvgIpc) is 3.11. The molecule has 3 aliphatic rings. The van der Waals surface area contributed by atoms with Crippen molar-refractivity contribution in [2.45, 2.75) is 69.5 Å². The third-order valence-electron chi connectivity index (χ3n) is 8.24. The standard InChI is InChI=1S/C31H38F2N4O3S/c1-31(2,3)14-18-37-28(39)25(41-29(37)27-22(32)8-6-9-23(27)33)19-26(38)35-15-12-21(13-16-35)36-17-11-20-7-4-5-10-24(20)34-30(36)40/h4-10,21,25,29H,11-19H2,1-3H3,(H,34,40). The van der Waals surface area contributed by atoms with Crippen molar-refractivity contribution in [2.75, 3.05) is 31.5 Å². The molecule has 0 spiro atoms. The zero-order valence-electron chi connectivity index (χ0n) is 23.9. The first-order valence-corrected chi connectivity index (χ1v) is 15.3. The Balaban J connectivity index is 1.22.